The lowest BCUT2D eigenvalue weighted by Gasteiger charge is -2.37. The highest BCUT2D eigenvalue weighted by Crippen LogP contribution is 2.36. The molecule has 1 heterocycles. The first kappa shape index (κ1) is 18.9. The molecule has 1 aliphatic rings. The lowest BCUT2D eigenvalue weighted by atomic mass is 9.75. The summed E-state index contributed by atoms with van der Waals surface area (Å²) in [7, 11) is 0. The van der Waals surface area contributed by atoms with Gasteiger partial charge in [0.05, 0.1) is 11.0 Å². The number of ether oxygens (including phenoxy) is 1. The number of nitrogens with zero attached hydrogens (tertiary/aromatic N) is 2. The monoisotopic (exact) mass is 356 g/mol. The van der Waals surface area contributed by atoms with Crippen molar-refractivity contribution in [3.05, 3.63) is 30.1 Å². The van der Waals surface area contributed by atoms with E-state index in [1.165, 1.54) is 6.42 Å². The minimum absolute atomic E-state index is 0.0357. The second-order valence-corrected chi connectivity index (χ2v) is 8.22. The molecule has 26 heavy (non-hydrogen) atoms. The van der Waals surface area contributed by atoms with Gasteiger partial charge in [0.2, 0.25) is 0 Å². The molecule has 1 fully saturated rings. The minimum atomic E-state index is -0.359. The number of esters is 1. The molecule has 0 spiro atoms. The van der Waals surface area contributed by atoms with Crippen molar-refractivity contribution in [3.63, 3.8) is 0 Å². The molecule has 1 aromatic heterocycles. The number of hydrogen-bond acceptors (Lipinski definition) is 3. The first-order valence-corrected chi connectivity index (χ1v) is 10.1. The summed E-state index contributed by atoms with van der Waals surface area (Å²) in [5.74, 6) is 2.43. The molecule has 0 amide bonds. The molecule has 3 rings (SSSR count). The standard InChI is InChI=1S/C22H32N2O2/c1-6-21-23-18-9-7-8-10-19(18)24(21)16(5)22(25)26-20-13-15(4)11-12-17(20)14(2)3/h7-10,14-17,20H,6,11-13H2,1-5H3. The summed E-state index contributed by atoms with van der Waals surface area (Å²) < 4.78 is 8.13. The molecule has 142 valence electrons. The van der Waals surface area contributed by atoms with Gasteiger partial charge in [0, 0.05) is 6.42 Å². The van der Waals surface area contributed by atoms with Gasteiger partial charge < -0.3 is 9.30 Å². The van der Waals surface area contributed by atoms with Crippen LogP contribution in [0.25, 0.3) is 11.0 Å². The molecule has 4 unspecified atom stereocenters. The van der Waals surface area contributed by atoms with Crippen LogP contribution in [0.3, 0.4) is 0 Å². The molecular formula is C22H32N2O2. The molecule has 0 saturated heterocycles. The van der Waals surface area contributed by atoms with Crippen molar-refractivity contribution >= 4 is 17.0 Å². The van der Waals surface area contributed by atoms with Crippen molar-refractivity contribution in [2.75, 3.05) is 0 Å². The smallest absolute Gasteiger partial charge is 0.329 e. The number of imidazole rings is 1. The van der Waals surface area contributed by atoms with E-state index in [0.29, 0.717) is 17.8 Å². The molecule has 4 heteroatoms. The first-order valence-electron chi connectivity index (χ1n) is 10.1. The van der Waals surface area contributed by atoms with Crippen LogP contribution >= 0.6 is 0 Å². The molecule has 2 aromatic rings. The van der Waals surface area contributed by atoms with Crippen molar-refractivity contribution < 1.29 is 9.53 Å². The highest BCUT2D eigenvalue weighted by molar-refractivity contribution is 5.81. The zero-order chi connectivity index (χ0) is 18.8. The lowest BCUT2D eigenvalue weighted by molar-refractivity contribution is -0.159. The van der Waals surface area contributed by atoms with Crippen LogP contribution in [0.4, 0.5) is 0 Å². The molecule has 0 N–H and O–H groups in total. The van der Waals surface area contributed by atoms with E-state index < -0.39 is 0 Å². The van der Waals surface area contributed by atoms with Crippen molar-refractivity contribution in [1.29, 1.82) is 0 Å². The van der Waals surface area contributed by atoms with E-state index in [-0.39, 0.29) is 18.1 Å². The van der Waals surface area contributed by atoms with Crippen LogP contribution in [-0.4, -0.2) is 21.6 Å². The summed E-state index contributed by atoms with van der Waals surface area (Å²) in [6, 6.07) is 7.65. The Hall–Kier alpha value is -1.84. The van der Waals surface area contributed by atoms with E-state index in [1.54, 1.807) is 0 Å². The van der Waals surface area contributed by atoms with Crippen LogP contribution in [-0.2, 0) is 16.0 Å². The van der Waals surface area contributed by atoms with Gasteiger partial charge in [-0.15, -0.1) is 0 Å². The Morgan fingerprint density at radius 2 is 2.00 bits per heavy atom. The fraction of sp³-hybridized carbons (Fsp3) is 0.636. The van der Waals surface area contributed by atoms with E-state index >= 15 is 0 Å². The van der Waals surface area contributed by atoms with E-state index in [9.17, 15) is 4.79 Å². The Morgan fingerprint density at radius 3 is 2.69 bits per heavy atom. The van der Waals surface area contributed by atoms with Crippen LogP contribution in [0.15, 0.2) is 24.3 Å². The Labute approximate surface area is 156 Å². The third-order valence-electron chi connectivity index (χ3n) is 5.94. The Morgan fingerprint density at radius 1 is 1.27 bits per heavy atom. The highest BCUT2D eigenvalue weighted by atomic mass is 16.5. The van der Waals surface area contributed by atoms with Crippen LogP contribution in [0.5, 0.6) is 0 Å². The number of para-hydroxylation sites is 2. The second kappa shape index (κ2) is 7.81. The van der Waals surface area contributed by atoms with E-state index in [4.69, 9.17) is 9.72 Å². The number of fused-ring (bicyclic) bond motifs is 1. The molecule has 4 nitrogen and oxygen atoms in total. The van der Waals surface area contributed by atoms with Crippen LogP contribution in [0.2, 0.25) is 0 Å². The van der Waals surface area contributed by atoms with E-state index in [1.807, 2.05) is 35.8 Å². The van der Waals surface area contributed by atoms with Crippen molar-refractivity contribution in [2.24, 2.45) is 17.8 Å². The van der Waals surface area contributed by atoms with Gasteiger partial charge in [-0.1, -0.05) is 46.2 Å². The summed E-state index contributed by atoms with van der Waals surface area (Å²) in [5.41, 5.74) is 1.95. The van der Waals surface area contributed by atoms with Crippen LogP contribution in [0, 0.1) is 17.8 Å². The molecule has 0 aliphatic heterocycles. The molecular weight excluding hydrogens is 324 g/mol. The molecule has 1 aromatic carbocycles. The maximum absolute atomic E-state index is 13.0. The van der Waals surface area contributed by atoms with Gasteiger partial charge in [0.1, 0.15) is 18.0 Å². The predicted octanol–water partition coefficient (Wildman–Crippen LogP) is 5.16. The largest absolute Gasteiger partial charge is 0.461 e. The van der Waals surface area contributed by atoms with E-state index in [2.05, 4.69) is 27.7 Å². The number of carbonyl (C=O) groups excluding carboxylic acids is 1. The predicted molar refractivity (Wildman–Crippen MR) is 105 cm³/mol. The summed E-state index contributed by atoms with van der Waals surface area (Å²) >= 11 is 0. The third kappa shape index (κ3) is 3.65. The minimum Gasteiger partial charge on any atom is -0.461 e. The van der Waals surface area contributed by atoms with Crippen LogP contribution < -0.4 is 0 Å². The maximum atomic E-state index is 13.0. The molecule has 0 bridgehead atoms. The van der Waals surface area contributed by atoms with Crippen molar-refractivity contribution in [2.45, 2.75) is 72.4 Å². The molecule has 1 saturated carbocycles. The second-order valence-electron chi connectivity index (χ2n) is 8.22. The van der Waals surface area contributed by atoms with Gasteiger partial charge >= 0.3 is 5.97 Å². The summed E-state index contributed by atoms with van der Waals surface area (Å²) in [4.78, 5) is 17.7. The SMILES string of the molecule is CCc1nc2ccccc2n1C(C)C(=O)OC1CC(C)CCC1C(C)C. The zero-order valence-corrected chi connectivity index (χ0v) is 16.7. The van der Waals surface area contributed by atoms with Gasteiger partial charge in [-0.2, -0.15) is 0 Å². The topological polar surface area (TPSA) is 44.1 Å². The fourth-order valence-corrected chi connectivity index (χ4v) is 4.38. The molecule has 4 atom stereocenters. The number of carbonyl (C=O) groups is 1. The van der Waals surface area contributed by atoms with Gasteiger partial charge in [-0.25, -0.2) is 9.78 Å². The van der Waals surface area contributed by atoms with E-state index in [0.717, 1.165) is 36.1 Å². The van der Waals surface area contributed by atoms with Crippen molar-refractivity contribution in [3.8, 4) is 0 Å². The highest BCUT2D eigenvalue weighted by Gasteiger charge is 2.35. The van der Waals surface area contributed by atoms with Gasteiger partial charge in [-0.05, 0) is 49.7 Å². The summed E-state index contributed by atoms with van der Waals surface area (Å²) in [6.07, 6.45) is 4.19. The quantitative estimate of drug-likeness (QED) is 0.695. The summed E-state index contributed by atoms with van der Waals surface area (Å²) in [6.45, 7) is 10.8. The normalized spacial score (nSPS) is 24.8. The summed E-state index contributed by atoms with van der Waals surface area (Å²) in [5, 5.41) is 0. The fourth-order valence-electron chi connectivity index (χ4n) is 4.38. The van der Waals surface area contributed by atoms with Crippen molar-refractivity contribution in [1.82, 2.24) is 9.55 Å². The lowest BCUT2D eigenvalue weighted by Crippen LogP contribution is -2.37. The molecule has 1 aliphatic carbocycles. The number of benzene rings is 1. The van der Waals surface area contributed by atoms with Gasteiger partial charge in [0.15, 0.2) is 0 Å². The number of rotatable bonds is 5. The number of aryl methyl sites for hydroxylation is 1. The third-order valence-corrected chi connectivity index (χ3v) is 5.94. The number of aromatic nitrogens is 2. The van der Waals surface area contributed by atoms with Gasteiger partial charge in [0.25, 0.3) is 0 Å². The van der Waals surface area contributed by atoms with Crippen LogP contribution in [0.1, 0.15) is 65.7 Å². The zero-order valence-electron chi connectivity index (χ0n) is 16.7. The first-order chi connectivity index (χ1) is 12.4. The van der Waals surface area contributed by atoms with Gasteiger partial charge in [-0.3, -0.25) is 0 Å². The number of hydrogen-bond donors (Lipinski definition) is 0. The average molecular weight is 357 g/mol. The Balaban J connectivity index is 1.83. The maximum Gasteiger partial charge on any atom is 0.329 e. The average Bonchev–Trinajstić information content (AvgIpc) is 2.99. The molecule has 0 radical (unpaired) electrons. The Bertz CT molecular complexity index is 765. The Kier molecular flexibility index (Phi) is 5.69.